The fraction of sp³-hybridized carbons (Fsp3) is 0.312. The maximum absolute atomic E-state index is 12.0. The van der Waals surface area contributed by atoms with Crippen molar-refractivity contribution >= 4 is 34.1 Å². The van der Waals surface area contributed by atoms with Crippen LogP contribution in [0.4, 0.5) is 5.00 Å². The van der Waals surface area contributed by atoms with E-state index in [4.69, 9.17) is 4.42 Å². The van der Waals surface area contributed by atoms with E-state index in [2.05, 4.69) is 10.6 Å². The quantitative estimate of drug-likeness (QED) is 0.711. The third kappa shape index (κ3) is 4.02. The van der Waals surface area contributed by atoms with E-state index in [1.807, 2.05) is 13.8 Å². The minimum atomic E-state index is -1.06. The lowest BCUT2D eigenvalue weighted by Gasteiger charge is -2.06. The van der Waals surface area contributed by atoms with E-state index < -0.39 is 11.9 Å². The van der Waals surface area contributed by atoms with Crippen LogP contribution in [0.1, 0.15) is 44.7 Å². The molecule has 2 amide bonds. The van der Waals surface area contributed by atoms with Crippen LogP contribution in [-0.2, 0) is 11.2 Å². The van der Waals surface area contributed by atoms with Crippen LogP contribution in [0.25, 0.3) is 0 Å². The highest BCUT2D eigenvalue weighted by molar-refractivity contribution is 7.16. The fourth-order valence-electron chi connectivity index (χ4n) is 2.29. The van der Waals surface area contributed by atoms with Gasteiger partial charge in [-0.2, -0.15) is 0 Å². The average Bonchev–Trinajstić information content (AvgIpc) is 3.14. The number of carboxylic acids is 1. The number of aromatic carboxylic acids is 1. The Morgan fingerprint density at radius 1 is 1.33 bits per heavy atom. The predicted molar refractivity (Wildman–Crippen MR) is 89.7 cm³/mol. The third-order valence-electron chi connectivity index (χ3n) is 3.41. The zero-order chi connectivity index (χ0) is 17.7. The number of anilines is 1. The molecule has 0 aliphatic carbocycles. The van der Waals surface area contributed by atoms with Gasteiger partial charge in [0.2, 0.25) is 5.91 Å². The Balaban J connectivity index is 1.93. The molecule has 0 bridgehead atoms. The Kier molecular flexibility index (Phi) is 5.75. The summed E-state index contributed by atoms with van der Waals surface area (Å²) >= 11 is 1.24. The molecule has 2 aromatic rings. The first-order valence-electron chi connectivity index (χ1n) is 7.41. The van der Waals surface area contributed by atoms with Crippen molar-refractivity contribution in [1.29, 1.82) is 0 Å². The summed E-state index contributed by atoms with van der Waals surface area (Å²) in [4.78, 5) is 35.9. The van der Waals surface area contributed by atoms with Crippen LogP contribution >= 0.6 is 11.3 Å². The summed E-state index contributed by atoms with van der Waals surface area (Å²) in [7, 11) is 0. The first-order valence-corrected chi connectivity index (χ1v) is 8.22. The van der Waals surface area contributed by atoms with Gasteiger partial charge in [-0.25, -0.2) is 4.79 Å². The fourth-order valence-corrected chi connectivity index (χ4v) is 3.45. The van der Waals surface area contributed by atoms with Crippen LogP contribution in [0.3, 0.4) is 0 Å². The molecule has 0 aliphatic rings. The molecule has 0 aliphatic heterocycles. The summed E-state index contributed by atoms with van der Waals surface area (Å²) in [6.45, 7) is 3.82. The number of carbonyl (C=O) groups is 3. The number of aryl methyl sites for hydroxylation is 1. The molecule has 0 fully saturated rings. The molecule has 2 rings (SSSR count). The molecule has 2 aromatic heterocycles. The molecule has 0 spiro atoms. The molecular weight excluding hydrogens is 332 g/mol. The monoisotopic (exact) mass is 350 g/mol. The Morgan fingerprint density at radius 3 is 2.67 bits per heavy atom. The van der Waals surface area contributed by atoms with Gasteiger partial charge < -0.3 is 20.2 Å². The lowest BCUT2D eigenvalue weighted by molar-refractivity contribution is -0.116. The second kappa shape index (κ2) is 7.78. The Hall–Kier alpha value is -2.61. The number of nitrogens with one attached hydrogen (secondary N) is 2. The molecule has 0 aromatic carbocycles. The molecule has 3 N–H and O–H groups in total. The van der Waals surface area contributed by atoms with Crippen molar-refractivity contribution in [1.82, 2.24) is 5.32 Å². The van der Waals surface area contributed by atoms with Gasteiger partial charge in [0.25, 0.3) is 5.91 Å². The highest BCUT2D eigenvalue weighted by atomic mass is 32.1. The van der Waals surface area contributed by atoms with Gasteiger partial charge in [-0.3, -0.25) is 9.59 Å². The normalized spacial score (nSPS) is 10.4. The van der Waals surface area contributed by atoms with Gasteiger partial charge in [-0.05, 0) is 31.0 Å². The molecule has 7 nitrogen and oxygen atoms in total. The molecule has 0 atom stereocenters. The number of hydrogen-bond acceptors (Lipinski definition) is 5. The molecule has 0 saturated heterocycles. The van der Waals surface area contributed by atoms with Crippen molar-refractivity contribution in [3.63, 3.8) is 0 Å². The SMILES string of the molecule is CCc1c(C)sc(NC(=O)CCNC(=O)c2ccco2)c1C(=O)O. The van der Waals surface area contributed by atoms with Crippen LogP contribution in [0.15, 0.2) is 22.8 Å². The molecular formula is C16H18N2O5S. The summed E-state index contributed by atoms with van der Waals surface area (Å²) in [6.07, 6.45) is 2.00. The maximum Gasteiger partial charge on any atom is 0.339 e. The Morgan fingerprint density at radius 2 is 2.08 bits per heavy atom. The van der Waals surface area contributed by atoms with Crippen molar-refractivity contribution in [2.75, 3.05) is 11.9 Å². The lowest BCUT2D eigenvalue weighted by Crippen LogP contribution is -2.27. The van der Waals surface area contributed by atoms with E-state index in [1.54, 1.807) is 6.07 Å². The zero-order valence-electron chi connectivity index (χ0n) is 13.3. The molecule has 128 valence electrons. The molecule has 8 heteroatoms. The van der Waals surface area contributed by atoms with E-state index >= 15 is 0 Å². The van der Waals surface area contributed by atoms with Gasteiger partial charge in [0.05, 0.1) is 11.8 Å². The van der Waals surface area contributed by atoms with E-state index in [9.17, 15) is 19.5 Å². The summed E-state index contributed by atoms with van der Waals surface area (Å²) in [5.41, 5.74) is 0.877. The highest BCUT2D eigenvalue weighted by Crippen LogP contribution is 2.33. The van der Waals surface area contributed by atoms with Crippen molar-refractivity contribution in [3.8, 4) is 0 Å². The van der Waals surface area contributed by atoms with Crippen LogP contribution in [-0.4, -0.2) is 29.4 Å². The summed E-state index contributed by atoms with van der Waals surface area (Å²) in [5, 5.41) is 14.9. The van der Waals surface area contributed by atoms with E-state index in [-0.39, 0.29) is 30.2 Å². The van der Waals surface area contributed by atoms with Gasteiger partial charge in [-0.1, -0.05) is 6.92 Å². The molecule has 0 unspecified atom stereocenters. The van der Waals surface area contributed by atoms with Crippen LogP contribution in [0.5, 0.6) is 0 Å². The van der Waals surface area contributed by atoms with Crippen molar-refractivity contribution in [3.05, 3.63) is 40.2 Å². The zero-order valence-corrected chi connectivity index (χ0v) is 14.2. The minimum absolute atomic E-state index is 0.0317. The van der Waals surface area contributed by atoms with Crippen molar-refractivity contribution in [2.45, 2.75) is 26.7 Å². The van der Waals surface area contributed by atoms with Crippen molar-refractivity contribution in [2.24, 2.45) is 0 Å². The van der Waals surface area contributed by atoms with Gasteiger partial charge in [-0.15, -0.1) is 11.3 Å². The predicted octanol–water partition coefficient (Wildman–Crippen LogP) is 2.67. The van der Waals surface area contributed by atoms with Gasteiger partial charge >= 0.3 is 5.97 Å². The number of amides is 2. The van der Waals surface area contributed by atoms with Crippen LogP contribution in [0.2, 0.25) is 0 Å². The van der Waals surface area contributed by atoms with E-state index in [0.29, 0.717) is 11.4 Å². The number of thiophene rings is 1. The lowest BCUT2D eigenvalue weighted by atomic mass is 10.1. The topological polar surface area (TPSA) is 109 Å². The maximum atomic E-state index is 12.0. The van der Waals surface area contributed by atoms with E-state index in [0.717, 1.165) is 10.4 Å². The second-order valence-corrected chi connectivity index (χ2v) is 6.26. The highest BCUT2D eigenvalue weighted by Gasteiger charge is 2.21. The van der Waals surface area contributed by atoms with Gasteiger partial charge in [0.1, 0.15) is 5.00 Å². The third-order valence-corrected chi connectivity index (χ3v) is 4.47. The standard InChI is InChI=1S/C16H18N2O5S/c1-3-10-9(2)24-15(13(10)16(21)22)18-12(19)6-7-17-14(20)11-5-4-8-23-11/h4-5,8H,3,6-7H2,1-2H3,(H,17,20)(H,18,19)(H,21,22). The summed E-state index contributed by atoms with van der Waals surface area (Å²) < 4.78 is 4.94. The number of rotatable bonds is 7. The molecule has 2 heterocycles. The first kappa shape index (κ1) is 17.7. The van der Waals surface area contributed by atoms with Crippen LogP contribution in [0, 0.1) is 6.92 Å². The largest absolute Gasteiger partial charge is 0.478 e. The number of carboxylic acid groups (broad SMARTS) is 1. The summed E-state index contributed by atoms with van der Waals surface area (Å²) in [5.74, 6) is -1.65. The van der Waals surface area contributed by atoms with Gasteiger partial charge in [0.15, 0.2) is 5.76 Å². The number of furan rings is 1. The Labute approximate surface area is 142 Å². The van der Waals surface area contributed by atoms with Crippen molar-refractivity contribution < 1.29 is 23.9 Å². The second-order valence-electron chi connectivity index (χ2n) is 5.03. The average molecular weight is 350 g/mol. The number of hydrogen-bond donors (Lipinski definition) is 3. The molecule has 24 heavy (non-hydrogen) atoms. The van der Waals surface area contributed by atoms with E-state index in [1.165, 1.54) is 23.7 Å². The first-order chi connectivity index (χ1) is 11.4. The smallest absolute Gasteiger partial charge is 0.339 e. The Bertz CT molecular complexity index is 749. The van der Waals surface area contributed by atoms with Crippen LogP contribution < -0.4 is 10.6 Å². The summed E-state index contributed by atoms with van der Waals surface area (Å²) in [6, 6.07) is 3.12. The minimum Gasteiger partial charge on any atom is -0.478 e. The molecule has 0 radical (unpaired) electrons. The van der Waals surface area contributed by atoms with Gasteiger partial charge in [0, 0.05) is 17.8 Å². The number of carbonyl (C=O) groups excluding carboxylic acids is 2. The molecule has 0 saturated carbocycles.